The van der Waals surface area contributed by atoms with Gasteiger partial charge in [0, 0.05) is 6.61 Å². The molecule has 0 atom stereocenters. The van der Waals surface area contributed by atoms with Crippen LogP contribution >= 0.6 is 9.07 Å². The van der Waals surface area contributed by atoms with Gasteiger partial charge < -0.3 is 13.8 Å². The van der Waals surface area contributed by atoms with Gasteiger partial charge in [0.1, 0.15) is 0 Å². The molecule has 0 spiro atoms. The van der Waals surface area contributed by atoms with E-state index in [9.17, 15) is 0 Å². The molecule has 0 heterocycles. The molecule has 58 valence electrons. The van der Waals surface area contributed by atoms with E-state index in [1.165, 1.54) is 4.55 Å². The van der Waals surface area contributed by atoms with Crippen LogP contribution in [0.25, 0.3) is 0 Å². The first kappa shape index (κ1) is 11.0. The van der Waals surface area contributed by atoms with Crippen LogP contribution in [-0.2, 0) is 4.74 Å². The molecule has 3 heteroatoms. The fourth-order valence-corrected chi connectivity index (χ4v) is 1.53. The number of halogens is 1. The van der Waals surface area contributed by atoms with E-state index in [2.05, 4.69) is 20.8 Å². The summed E-state index contributed by atoms with van der Waals surface area (Å²) in [7, 11) is 5.63. The van der Waals surface area contributed by atoms with Gasteiger partial charge in [0.15, 0.2) is 0 Å². The molecule has 0 amide bonds. The highest BCUT2D eigenvalue weighted by molar-refractivity contribution is 6.93. The van der Waals surface area contributed by atoms with E-state index >= 15 is 0 Å². The smallest absolute Gasteiger partial charge is 0.376 e. The van der Waals surface area contributed by atoms with Crippen molar-refractivity contribution in [1.82, 2.24) is 0 Å². The molecular weight excluding hydrogens is 160 g/mol. The van der Waals surface area contributed by atoms with Crippen molar-refractivity contribution in [2.75, 3.05) is 6.61 Å². The largest absolute Gasteiger partial charge is 0.501 e. The van der Waals surface area contributed by atoms with Crippen LogP contribution in [0.3, 0.4) is 0 Å². The van der Waals surface area contributed by atoms with E-state index in [4.69, 9.17) is 13.8 Å². The second-order valence-electron chi connectivity index (χ2n) is 3.36. The first-order valence-corrected chi connectivity index (χ1v) is 6.90. The standard InChI is InChI=1S/C7H15O.ClH.Mg/c1-5-6-8-7(2,3)4;;/h1,5-6H2,2-4H3;1H;/q;;+1/p-1. The summed E-state index contributed by atoms with van der Waals surface area (Å²) in [6.45, 7) is 7.09. The zero-order chi connectivity index (χ0) is 8.04. The Kier molecular flexibility index (Phi) is 6.21. The van der Waals surface area contributed by atoms with Gasteiger partial charge in [-0.05, 0) is 20.8 Å². The minimum Gasteiger partial charge on any atom is -0.376 e. The van der Waals surface area contributed by atoms with Gasteiger partial charge in [-0.3, -0.25) is 0 Å². The van der Waals surface area contributed by atoms with Crippen LogP contribution in [0.15, 0.2) is 0 Å². The summed E-state index contributed by atoms with van der Waals surface area (Å²) in [5.74, 6) is 0. The molecule has 0 aromatic carbocycles. The van der Waals surface area contributed by atoms with Gasteiger partial charge in [-0.1, -0.05) is 6.42 Å². The Hall–Kier alpha value is 1.02. The van der Waals surface area contributed by atoms with Crippen LogP contribution < -0.4 is 0 Å². The molecule has 0 aliphatic carbocycles. The summed E-state index contributed by atoms with van der Waals surface area (Å²) in [5, 5.41) is 0. The molecule has 0 aliphatic rings. The minimum atomic E-state index is -0.258. The van der Waals surface area contributed by atoms with Gasteiger partial charge in [-0.25, -0.2) is 0 Å². The summed E-state index contributed by atoms with van der Waals surface area (Å²) >= 11 is -0.258. The predicted molar refractivity (Wildman–Crippen MR) is 46.7 cm³/mol. The van der Waals surface area contributed by atoms with Crippen molar-refractivity contribution < 1.29 is 4.74 Å². The summed E-state index contributed by atoms with van der Waals surface area (Å²) < 4.78 is 6.69. The van der Waals surface area contributed by atoms with E-state index in [1.54, 1.807) is 0 Å². The monoisotopic (exact) mass is 174 g/mol. The number of ether oxygens (including phenoxy) is 1. The Morgan fingerprint density at radius 2 is 2.00 bits per heavy atom. The summed E-state index contributed by atoms with van der Waals surface area (Å²) in [5.41, 5.74) is 0.0217. The van der Waals surface area contributed by atoms with Crippen molar-refractivity contribution in [2.45, 2.75) is 37.3 Å². The number of rotatable bonds is 4. The molecule has 0 saturated heterocycles. The summed E-state index contributed by atoms with van der Waals surface area (Å²) in [6.07, 6.45) is 1.13. The Morgan fingerprint density at radius 3 is 2.40 bits per heavy atom. The molecule has 10 heavy (non-hydrogen) atoms. The predicted octanol–water partition coefficient (Wildman–Crippen LogP) is 2.47. The van der Waals surface area contributed by atoms with Gasteiger partial charge in [0.2, 0.25) is 0 Å². The lowest BCUT2D eigenvalue weighted by Crippen LogP contribution is -2.19. The molecule has 0 N–H and O–H groups in total. The molecule has 0 aliphatic heterocycles. The van der Waals surface area contributed by atoms with Gasteiger partial charge in [-0.15, -0.1) is 4.55 Å². The quantitative estimate of drug-likeness (QED) is 0.471. The third-order valence-electron chi connectivity index (χ3n) is 1.06. The lowest BCUT2D eigenvalue weighted by Gasteiger charge is -2.19. The molecule has 0 fully saturated rings. The van der Waals surface area contributed by atoms with Crippen LogP contribution in [-0.4, -0.2) is 31.5 Å². The topological polar surface area (TPSA) is 9.23 Å². The first-order chi connectivity index (χ1) is 4.56. The maximum Gasteiger partial charge on any atom is 0.501 e. The van der Waals surface area contributed by atoms with Gasteiger partial charge in [-0.2, -0.15) is 0 Å². The highest BCUT2D eigenvalue weighted by Gasteiger charge is 2.08. The fraction of sp³-hybridized carbons (Fsp3) is 1.00. The molecule has 0 unspecified atom stereocenters. The van der Waals surface area contributed by atoms with Crippen molar-refractivity contribution in [3.05, 3.63) is 0 Å². The SMILES string of the molecule is CC(C)(C)OCC[CH2][Mg][Cl]. The van der Waals surface area contributed by atoms with Crippen LogP contribution in [0.5, 0.6) is 0 Å². The highest BCUT2D eigenvalue weighted by atomic mass is 35.5. The molecular formula is C7H15ClMgO. The van der Waals surface area contributed by atoms with Crippen LogP contribution in [0.2, 0.25) is 4.55 Å². The van der Waals surface area contributed by atoms with Crippen LogP contribution in [0, 0.1) is 0 Å². The van der Waals surface area contributed by atoms with E-state index in [-0.39, 0.29) is 24.9 Å². The maximum atomic E-state index is 5.63. The molecule has 1 nitrogen and oxygen atoms in total. The fourth-order valence-electron chi connectivity index (χ4n) is 0.575. The number of hydrogen-bond acceptors (Lipinski definition) is 1. The average Bonchev–Trinajstić information content (AvgIpc) is 1.78. The number of hydrogen-bond donors (Lipinski definition) is 0. The van der Waals surface area contributed by atoms with E-state index in [0.717, 1.165) is 13.0 Å². The highest BCUT2D eigenvalue weighted by Crippen LogP contribution is 2.07. The normalized spacial score (nSPS) is 11.2. The molecule has 0 aromatic rings. The van der Waals surface area contributed by atoms with E-state index < -0.39 is 0 Å². The van der Waals surface area contributed by atoms with Crippen molar-refractivity contribution in [3.63, 3.8) is 0 Å². The second kappa shape index (κ2) is 5.64. The van der Waals surface area contributed by atoms with Crippen molar-refractivity contribution in [1.29, 1.82) is 0 Å². The van der Waals surface area contributed by atoms with Crippen molar-refractivity contribution in [2.24, 2.45) is 0 Å². The lowest BCUT2D eigenvalue weighted by molar-refractivity contribution is -0.00231. The molecule has 0 rings (SSSR count). The second-order valence-corrected chi connectivity index (χ2v) is 5.58. The van der Waals surface area contributed by atoms with Gasteiger partial charge >= 0.3 is 19.3 Å². The Balaban J connectivity index is 3.04. The van der Waals surface area contributed by atoms with Crippen LogP contribution in [0.4, 0.5) is 0 Å². The van der Waals surface area contributed by atoms with Gasteiger partial charge in [0.05, 0.1) is 5.60 Å². The van der Waals surface area contributed by atoms with Crippen molar-refractivity contribution >= 4 is 28.3 Å². The Morgan fingerprint density at radius 1 is 1.40 bits per heavy atom. The Labute approximate surface area is 77.0 Å². The average molecular weight is 175 g/mol. The minimum absolute atomic E-state index is 0.0217. The third kappa shape index (κ3) is 9.02. The molecule has 0 saturated carbocycles. The van der Waals surface area contributed by atoms with Gasteiger partial charge in [0.25, 0.3) is 0 Å². The molecule has 0 aromatic heterocycles. The molecule has 0 bridgehead atoms. The zero-order valence-corrected chi connectivity index (χ0v) is 9.28. The first-order valence-electron chi connectivity index (χ1n) is 3.76. The zero-order valence-electron chi connectivity index (χ0n) is 7.11. The van der Waals surface area contributed by atoms with E-state index in [1.807, 2.05) is 0 Å². The summed E-state index contributed by atoms with van der Waals surface area (Å²) in [6, 6.07) is 0. The summed E-state index contributed by atoms with van der Waals surface area (Å²) in [4.78, 5) is 0. The molecule has 0 radical (unpaired) electrons. The maximum absolute atomic E-state index is 5.63. The van der Waals surface area contributed by atoms with Crippen molar-refractivity contribution in [3.8, 4) is 0 Å². The van der Waals surface area contributed by atoms with E-state index in [0.29, 0.717) is 0 Å². The third-order valence-corrected chi connectivity index (χ3v) is 2.63. The Bertz CT molecular complexity index is 80.2. The lowest BCUT2D eigenvalue weighted by atomic mass is 10.2. The van der Waals surface area contributed by atoms with Crippen LogP contribution in [0.1, 0.15) is 27.2 Å².